The summed E-state index contributed by atoms with van der Waals surface area (Å²) in [7, 11) is 0. The van der Waals surface area contributed by atoms with E-state index in [0.717, 1.165) is 30.6 Å². The highest BCUT2D eigenvalue weighted by atomic mass is 32.1. The van der Waals surface area contributed by atoms with E-state index in [1.807, 2.05) is 0 Å². The fourth-order valence-corrected chi connectivity index (χ4v) is 4.02. The summed E-state index contributed by atoms with van der Waals surface area (Å²) >= 11 is 1.31. The molecule has 0 atom stereocenters. The largest absolute Gasteiger partial charge is 0.484 e. The van der Waals surface area contributed by atoms with Crippen molar-refractivity contribution in [1.82, 2.24) is 5.32 Å². The first-order valence-corrected chi connectivity index (χ1v) is 9.67. The maximum Gasteiger partial charge on any atom is 0.258 e. The van der Waals surface area contributed by atoms with Crippen molar-refractivity contribution in [2.24, 2.45) is 0 Å². The minimum absolute atomic E-state index is 0.0199. The van der Waals surface area contributed by atoms with Gasteiger partial charge < -0.3 is 10.1 Å². The quantitative estimate of drug-likeness (QED) is 0.752. The second-order valence-electron chi connectivity index (χ2n) is 6.59. The van der Waals surface area contributed by atoms with Crippen LogP contribution in [-0.2, 0) is 4.79 Å². The lowest BCUT2D eigenvalue weighted by Gasteiger charge is -2.22. The van der Waals surface area contributed by atoms with Gasteiger partial charge in [0.1, 0.15) is 11.6 Å². The number of hydrogen-bond acceptors (Lipinski definition) is 4. The fraction of sp³-hybridized carbons (Fsp3) is 0.400. The lowest BCUT2D eigenvalue weighted by molar-refractivity contribution is -0.124. The van der Waals surface area contributed by atoms with Crippen molar-refractivity contribution in [3.05, 3.63) is 41.0 Å². The summed E-state index contributed by atoms with van der Waals surface area (Å²) in [4.78, 5) is 24.9. The highest BCUT2D eigenvalue weighted by Gasteiger charge is 2.16. The first-order valence-electron chi connectivity index (χ1n) is 8.85. The van der Waals surface area contributed by atoms with Gasteiger partial charge in [0.05, 0.1) is 4.88 Å². The minimum Gasteiger partial charge on any atom is -0.484 e. The topological polar surface area (TPSA) is 55.4 Å². The van der Waals surface area contributed by atoms with E-state index in [-0.39, 0.29) is 24.3 Å². The third kappa shape index (κ3) is 4.91. The number of rotatable bonds is 6. The van der Waals surface area contributed by atoms with Gasteiger partial charge in [-0.05, 0) is 49.6 Å². The molecule has 2 aromatic rings. The molecule has 0 saturated heterocycles. The molecule has 26 heavy (non-hydrogen) atoms. The molecule has 0 aliphatic heterocycles. The van der Waals surface area contributed by atoms with Crippen molar-refractivity contribution in [2.75, 3.05) is 6.61 Å². The Hall–Kier alpha value is -2.21. The highest BCUT2D eigenvalue weighted by molar-refractivity contribution is 7.17. The van der Waals surface area contributed by atoms with Crippen molar-refractivity contribution < 1.29 is 18.7 Å². The van der Waals surface area contributed by atoms with Crippen LogP contribution in [0.5, 0.6) is 5.75 Å². The summed E-state index contributed by atoms with van der Waals surface area (Å²) < 4.78 is 19.4. The monoisotopic (exact) mass is 375 g/mol. The van der Waals surface area contributed by atoms with E-state index >= 15 is 0 Å². The predicted molar refractivity (Wildman–Crippen MR) is 100 cm³/mol. The van der Waals surface area contributed by atoms with Crippen LogP contribution in [0.3, 0.4) is 0 Å². The Labute approximate surface area is 156 Å². The van der Waals surface area contributed by atoms with Gasteiger partial charge >= 0.3 is 0 Å². The zero-order chi connectivity index (χ0) is 18.5. The van der Waals surface area contributed by atoms with E-state index in [0.29, 0.717) is 16.2 Å². The average molecular weight is 375 g/mol. The molecule has 1 aliphatic carbocycles. The van der Waals surface area contributed by atoms with Gasteiger partial charge in [-0.2, -0.15) is 0 Å². The van der Waals surface area contributed by atoms with Crippen LogP contribution in [0.1, 0.15) is 48.7 Å². The van der Waals surface area contributed by atoms with E-state index in [2.05, 4.69) is 5.32 Å². The summed E-state index contributed by atoms with van der Waals surface area (Å²) in [5, 5.41) is 2.97. The summed E-state index contributed by atoms with van der Waals surface area (Å²) in [6, 6.07) is 8.08. The Morgan fingerprint density at radius 1 is 1.19 bits per heavy atom. The van der Waals surface area contributed by atoms with Crippen molar-refractivity contribution in [2.45, 2.75) is 45.1 Å². The molecule has 0 radical (unpaired) electrons. The number of carbonyl (C=O) groups is 2. The fourth-order valence-electron chi connectivity index (χ4n) is 3.14. The number of ether oxygens (including phenoxy) is 1. The maximum atomic E-state index is 13.9. The van der Waals surface area contributed by atoms with Crippen molar-refractivity contribution in [3.63, 3.8) is 0 Å². The molecule has 1 saturated carbocycles. The number of carbonyl (C=O) groups excluding carboxylic acids is 2. The number of benzene rings is 1. The molecule has 1 N–H and O–H groups in total. The molecule has 6 heteroatoms. The number of Topliss-reactive ketones (excluding diaryl/α,β-unsaturated/α-hetero) is 1. The molecule has 0 bridgehead atoms. The SMILES string of the molecule is CC(=O)c1ccc(-c2cc(F)cc(OCC(=O)NC3CCCCC3)c2)s1. The number of halogens is 1. The van der Waals surface area contributed by atoms with Gasteiger partial charge in [-0.15, -0.1) is 11.3 Å². The molecule has 4 nitrogen and oxygen atoms in total. The summed E-state index contributed by atoms with van der Waals surface area (Å²) in [6.45, 7) is 1.36. The molecule has 1 heterocycles. The highest BCUT2D eigenvalue weighted by Crippen LogP contribution is 2.31. The van der Waals surface area contributed by atoms with Gasteiger partial charge in [-0.25, -0.2) is 4.39 Å². The number of amides is 1. The van der Waals surface area contributed by atoms with Crippen LogP contribution in [0.2, 0.25) is 0 Å². The van der Waals surface area contributed by atoms with Crippen molar-refractivity contribution >= 4 is 23.0 Å². The smallest absolute Gasteiger partial charge is 0.258 e. The van der Waals surface area contributed by atoms with Crippen LogP contribution >= 0.6 is 11.3 Å². The summed E-state index contributed by atoms with van der Waals surface area (Å²) in [6.07, 6.45) is 5.52. The van der Waals surface area contributed by atoms with E-state index < -0.39 is 5.82 Å². The molecular weight excluding hydrogens is 353 g/mol. The predicted octanol–water partition coefficient (Wildman–Crippen LogP) is 4.58. The van der Waals surface area contributed by atoms with Gasteiger partial charge in [0, 0.05) is 17.0 Å². The number of thiophene rings is 1. The second kappa shape index (κ2) is 8.45. The van der Waals surface area contributed by atoms with Gasteiger partial charge in [0.15, 0.2) is 12.4 Å². The zero-order valence-electron chi connectivity index (χ0n) is 14.7. The molecule has 1 aromatic heterocycles. The first kappa shape index (κ1) is 18.6. The molecule has 1 aliphatic rings. The number of nitrogens with one attached hydrogen (secondary N) is 1. The van der Waals surface area contributed by atoms with Crippen LogP contribution < -0.4 is 10.1 Å². The Kier molecular flexibility index (Phi) is 6.04. The second-order valence-corrected chi connectivity index (χ2v) is 7.67. The molecule has 138 valence electrons. The van der Waals surface area contributed by atoms with Crippen molar-refractivity contribution in [1.29, 1.82) is 0 Å². The van der Waals surface area contributed by atoms with E-state index in [1.54, 1.807) is 18.2 Å². The lowest BCUT2D eigenvalue weighted by atomic mass is 9.95. The van der Waals surface area contributed by atoms with Crippen LogP contribution in [0.25, 0.3) is 10.4 Å². The summed E-state index contributed by atoms with van der Waals surface area (Å²) in [5.41, 5.74) is 0.630. The summed E-state index contributed by atoms with van der Waals surface area (Å²) in [5.74, 6) is -0.342. The van der Waals surface area contributed by atoms with Gasteiger partial charge in [-0.1, -0.05) is 19.3 Å². The number of ketones is 1. The zero-order valence-corrected chi connectivity index (χ0v) is 15.5. The maximum absolute atomic E-state index is 13.9. The van der Waals surface area contributed by atoms with Crippen molar-refractivity contribution in [3.8, 4) is 16.2 Å². The standard InChI is InChI=1S/C20H22FNO3S/c1-13(23)18-7-8-19(26-18)14-9-15(21)11-17(10-14)25-12-20(24)22-16-5-3-2-4-6-16/h7-11,16H,2-6,12H2,1H3,(H,22,24). The molecule has 0 spiro atoms. The van der Waals surface area contributed by atoms with Gasteiger partial charge in [0.25, 0.3) is 5.91 Å². The molecule has 1 fully saturated rings. The van der Waals surface area contributed by atoms with Gasteiger partial charge in [0.2, 0.25) is 0 Å². The molecule has 0 unspecified atom stereocenters. The Bertz CT molecular complexity index is 796. The lowest BCUT2D eigenvalue weighted by Crippen LogP contribution is -2.38. The van der Waals surface area contributed by atoms with Crippen LogP contribution in [-0.4, -0.2) is 24.3 Å². The van der Waals surface area contributed by atoms with Gasteiger partial charge in [-0.3, -0.25) is 9.59 Å². The Morgan fingerprint density at radius 3 is 2.65 bits per heavy atom. The van der Waals surface area contributed by atoms with Crippen LogP contribution in [0.4, 0.5) is 4.39 Å². The van der Waals surface area contributed by atoms with E-state index in [4.69, 9.17) is 4.74 Å². The first-order chi connectivity index (χ1) is 12.5. The Morgan fingerprint density at radius 2 is 1.96 bits per heavy atom. The molecule has 1 aromatic carbocycles. The average Bonchev–Trinajstić information content (AvgIpc) is 3.11. The molecule has 3 rings (SSSR count). The van der Waals surface area contributed by atoms with Crippen LogP contribution in [0, 0.1) is 5.82 Å². The molecular formula is C20H22FNO3S. The number of hydrogen-bond donors (Lipinski definition) is 1. The Balaban J connectivity index is 1.63. The van der Waals surface area contributed by atoms with E-state index in [1.165, 1.54) is 36.8 Å². The molecule has 1 amide bonds. The van der Waals surface area contributed by atoms with E-state index in [9.17, 15) is 14.0 Å². The third-order valence-corrected chi connectivity index (χ3v) is 5.68. The third-order valence-electron chi connectivity index (χ3n) is 4.45. The normalized spacial score (nSPS) is 14.8. The van der Waals surface area contributed by atoms with Crippen LogP contribution in [0.15, 0.2) is 30.3 Å². The minimum atomic E-state index is -0.442.